The summed E-state index contributed by atoms with van der Waals surface area (Å²) in [5.74, 6) is -2.25. The van der Waals surface area contributed by atoms with Crippen LogP contribution in [-0.4, -0.2) is 82.5 Å². The minimum absolute atomic E-state index is 0.00852. The van der Waals surface area contributed by atoms with Gasteiger partial charge in [0.25, 0.3) is 0 Å². The van der Waals surface area contributed by atoms with E-state index in [1.54, 1.807) is 12.2 Å². The zero-order valence-electron chi connectivity index (χ0n) is 24.1. The Morgan fingerprint density at radius 3 is 2.61 bits per heavy atom. The van der Waals surface area contributed by atoms with Gasteiger partial charge in [-0.05, 0) is 68.9 Å². The third-order valence-corrected chi connectivity index (χ3v) is 11.1. The monoisotopic (exact) mass is 571 g/mol. The molecular formula is C31H41NO9. The van der Waals surface area contributed by atoms with E-state index in [9.17, 15) is 34.2 Å². The first-order valence-corrected chi connectivity index (χ1v) is 14.8. The molecule has 10 heteroatoms. The maximum absolute atomic E-state index is 13.4. The molecule has 0 aromatic heterocycles. The van der Waals surface area contributed by atoms with Crippen molar-refractivity contribution in [2.45, 2.75) is 89.4 Å². The summed E-state index contributed by atoms with van der Waals surface area (Å²) in [5, 5.41) is 23.3. The number of hydrogen-bond donors (Lipinski definition) is 2. The highest BCUT2D eigenvalue weighted by Crippen LogP contribution is 2.67. The highest BCUT2D eigenvalue weighted by atomic mass is 16.5. The van der Waals surface area contributed by atoms with Gasteiger partial charge in [-0.25, -0.2) is 4.79 Å². The number of Topliss-reactive ketones (excluding diaryl/α,β-unsaturated/α-hetero) is 1. The summed E-state index contributed by atoms with van der Waals surface area (Å²) in [7, 11) is 1.27. The number of aliphatic hydroxyl groups excluding tert-OH is 1. The average Bonchev–Trinajstić information content (AvgIpc) is 3.53. The van der Waals surface area contributed by atoms with Crippen LogP contribution in [0.1, 0.15) is 71.6 Å². The lowest BCUT2D eigenvalue weighted by Gasteiger charge is -2.59. The molecule has 10 nitrogen and oxygen atoms in total. The first-order valence-electron chi connectivity index (χ1n) is 14.8. The van der Waals surface area contributed by atoms with Crippen LogP contribution < -0.4 is 0 Å². The maximum Gasteiger partial charge on any atom is 0.328 e. The van der Waals surface area contributed by atoms with Crippen LogP contribution in [-0.2, 0) is 33.4 Å². The highest BCUT2D eigenvalue weighted by molar-refractivity contribution is 6.01. The molecule has 0 aromatic carbocycles. The summed E-state index contributed by atoms with van der Waals surface area (Å²) in [6.07, 6.45) is 7.75. The lowest BCUT2D eigenvalue weighted by molar-refractivity contribution is -0.181. The first-order chi connectivity index (χ1) is 19.4. The predicted molar refractivity (Wildman–Crippen MR) is 145 cm³/mol. The highest BCUT2D eigenvalue weighted by Gasteiger charge is 2.68. The molecular weight excluding hydrogens is 530 g/mol. The normalized spacial score (nSPS) is 39.3. The smallest absolute Gasteiger partial charge is 0.328 e. The zero-order valence-corrected chi connectivity index (χ0v) is 24.1. The second kappa shape index (κ2) is 10.8. The number of amides is 1. The molecule has 1 amide bonds. The van der Waals surface area contributed by atoms with Gasteiger partial charge in [-0.15, -0.1) is 0 Å². The van der Waals surface area contributed by atoms with Crippen molar-refractivity contribution >= 4 is 29.4 Å². The van der Waals surface area contributed by atoms with Crippen LogP contribution in [0.5, 0.6) is 0 Å². The van der Waals surface area contributed by atoms with Crippen molar-refractivity contribution in [3.8, 4) is 0 Å². The molecule has 0 bridgehead atoms. The van der Waals surface area contributed by atoms with Crippen LogP contribution in [0, 0.1) is 28.6 Å². The van der Waals surface area contributed by atoms with E-state index in [4.69, 9.17) is 9.47 Å². The average molecular weight is 572 g/mol. The Morgan fingerprint density at radius 2 is 1.88 bits per heavy atom. The molecule has 0 radical (unpaired) electrons. The van der Waals surface area contributed by atoms with Crippen molar-refractivity contribution in [2.24, 2.45) is 28.6 Å². The largest absolute Gasteiger partial charge is 0.467 e. The van der Waals surface area contributed by atoms with Crippen LogP contribution in [0.4, 0.5) is 0 Å². The van der Waals surface area contributed by atoms with Crippen molar-refractivity contribution in [2.75, 3.05) is 20.3 Å². The lowest BCUT2D eigenvalue weighted by Crippen LogP contribution is -2.61. The standard InChI is InChI=1S/C31H41NO9/c1-29-12-10-19(33)15-18(29)6-7-20-21-11-13-31(39,30(21,2)16-23(34)27(20)29)24(35)17-41-26(37)9-8-25(36)32-14-4-5-22(32)28(38)40-3/h10,12,15,20-23,27,34,39H,4-9,11,13-14,16-17H2,1-3H3/t20-,21-,22+,23-,27+,29-,30-,31-/m0/s1. The number of methoxy groups -OCH3 is 1. The van der Waals surface area contributed by atoms with E-state index in [0.29, 0.717) is 25.8 Å². The number of aliphatic hydroxyl groups is 2. The number of ether oxygens (including phenoxy) is 2. The molecule has 0 unspecified atom stereocenters. The van der Waals surface area contributed by atoms with Gasteiger partial charge in [-0.1, -0.05) is 25.5 Å². The molecule has 3 saturated carbocycles. The summed E-state index contributed by atoms with van der Waals surface area (Å²) < 4.78 is 9.98. The number of nitrogens with zero attached hydrogens (tertiary/aromatic N) is 1. The fourth-order valence-electron chi connectivity index (χ4n) is 8.93. The zero-order chi connectivity index (χ0) is 29.7. The minimum atomic E-state index is -1.75. The van der Waals surface area contributed by atoms with E-state index in [-0.39, 0.29) is 55.1 Å². The first kappa shape index (κ1) is 29.6. The molecule has 1 heterocycles. The van der Waals surface area contributed by atoms with Gasteiger partial charge in [0.05, 0.1) is 19.6 Å². The van der Waals surface area contributed by atoms with Crippen LogP contribution in [0.2, 0.25) is 0 Å². The van der Waals surface area contributed by atoms with Crippen LogP contribution in [0.25, 0.3) is 0 Å². The van der Waals surface area contributed by atoms with Crippen LogP contribution >= 0.6 is 0 Å². The lowest BCUT2D eigenvalue weighted by atomic mass is 9.46. The Labute approximate surface area is 240 Å². The number of hydrogen-bond acceptors (Lipinski definition) is 9. The van der Waals surface area contributed by atoms with Crippen molar-refractivity contribution in [1.82, 2.24) is 4.90 Å². The number of carbonyl (C=O) groups excluding carboxylic acids is 5. The molecule has 1 saturated heterocycles. The minimum Gasteiger partial charge on any atom is -0.467 e. The van der Waals surface area contributed by atoms with E-state index in [1.807, 2.05) is 13.0 Å². The topological polar surface area (TPSA) is 148 Å². The number of likely N-dealkylation sites (tertiary alicyclic amines) is 1. The fourth-order valence-corrected chi connectivity index (χ4v) is 8.93. The third kappa shape index (κ3) is 4.76. The molecule has 41 heavy (non-hydrogen) atoms. The van der Waals surface area contributed by atoms with Crippen molar-refractivity contribution in [3.05, 3.63) is 23.8 Å². The van der Waals surface area contributed by atoms with Gasteiger partial charge in [0, 0.05) is 29.7 Å². The van der Waals surface area contributed by atoms with Crippen molar-refractivity contribution in [3.63, 3.8) is 0 Å². The summed E-state index contributed by atoms with van der Waals surface area (Å²) in [4.78, 5) is 63.8. The molecule has 5 rings (SSSR count). The molecule has 8 atom stereocenters. The molecule has 224 valence electrons. The van der Waals surface area contributed by atoms with Crippen LogP contribution in [0.15, 0.2) is 23.8 Å². The predicted octanol–water partition coefficient (Wildman–Crippen LogP) is 2.05. The molecule has 0 spiro atoms. The van der Waals surface area contributed by atoms with Crippen LogP contribution in [0.3, 0.4) is 0 Å². The van der Waals surface area contributed by atoms with E-state index in [2.05, 4.69) is 6.92 Å². The Kier molecular flexibility index (Phi) is 7.78. The van der Waals surface area contributed by atoms with E-state index < -0.39 is 52.9 Å². The SMILES string of the molecule is COC(=O)[C@H]1CCCN1C(=O)CCC(=O)OCC(=O)[C@@]1(O)CC[C@H]2[C@@H]3CCC4=CC(=O)C=C[C@]4(C)[C@H]3[C@@H](O)C[C@@]21C. The van der Waals surface area contributed by atoms with Gasteiger partial charge in [-0.3, -0.25) is 19.2 Å². The summed E-state index contributed by atoms with van der Waals surface area (Å²) in [5.41, 5.74) is -2.05. The van der Waals surface area contributed by atoms with Gasteiger partial charge < -0.3 is 24.6 Å². The Bertz CT molecular complexity index is 1210. The van der Waals surface area contributed by atoms with E-state index >= 15 is 0 Å². The Balaban J connectivity index is 1.20. The number of allylic oxidation sites excluding steroid dienone is 4. The second-order valence-electron chi connectivity index (χ2n) is 13.0. The Morgan fingerprint density at radius 1 is 1.12 bits per heavy atom. The number of ketones is 2. The molecule has 5 aliphatic rings. The molecule has 4 fully saturated rings. The molecule has 1 aliphatic heterocycles. The van der Waals surface area contributed by atoms with Crippen molar-refractivity contribution < 1.29 is 43.7 Å². The number of carbonyl (C=O) groups is 5. The summed E-state index contributed by atoms with van der Waals surface area (Å²) in [6, 6.07) is -0.646. The molecule has 2 N–H and O–H groups in total. The second-order valence-corrected chi connectivity index (χ2v) is 13.0. The van der Waals surface area contributed by atoms with Gasteiger partial charge in [0.2, 0.25) is 11.7 Å². The third-order valence-electron chi connectivity index (χ3n) is 11.1. The Hall–Kier alpha value is -2.85. The van der Waals surface area contributed by atoms with Gasteiger partial charge >= 0.3 is 11.9 Å². The van der Waals surface area contributed by atoms with E-state index in [1.165, 1.54) is 12.0 Å². The number of rotatable bonds is 7. The fraction of sp³-hybridized carbons (Fsp3) is 0.710. The van der Waals surface area contributed by atoms with Gasteiger partial charge in [0.1, 0.15) is 11.6 Å². The molecule has 4 aliphatic carbocycles. The summed E-state index contributed by atoms with van der Waals surface area (Å²) in [6.45, 7) is 3.74. The number of fused-ring (bicyclic) bond motifs is 5. The van der Waals surface area contributed by atoms with E-state index in [0.717, 1.165) is 18.4 Å². The maximum atomic E-state index is 13.4. The van der Waals surface area contributed by atoms with Crippen molar-refractivity contribution in [1.29, 1.82) is 0 Å². The summed E-state index contributed by atoms with van der Waals surface area (Å²) >= 11 is 0. The quantitative estimate of drug-likeness (QED) is 0.438. The number of esters is 2. The molecule has 0 aromatic rings. The van der Waals surface area contributed by atoms with Gasteiger partial charge in [-0.2, -0.15) is 0 Å². The van der Waals surface area contributed by atoms with Gasteiger partial charge in [0.15, 0.2) is 12.4 Å².